The van der Waals surface area contributed by atoms with Gasteiger partial charge < -0.3 is 54.1 Å². The Morgan fingerprint density at radius 1 is 0.809 bits per heavy atom. The quantitative estimate of drug-likeness (QED) is 0.0459. The molecule has 3 amide bonds. The molecule has 14 N–H and O–H groups in total. The number of carboxylic acid groups (broad SMARTS) is 1. The average molecular weight is 652 g/mol. The van der Waals surface area contributed by atoms with Crippen molar-refractivity contribution in [2.75, 3.05) is 13.1 Å². The molecule has 0 radical (unpaired) electrons. The number of hydrogen-bond acceptors (Lipinski definition) is 8. The van der Waals surface area contributed by atoms with E-state index in [0.29, 0.717) is 36.9 Å². The van der Waals surface area contributed by atoms with E-state index in [0.717, 1.165) is 10.9 Å². The van der Waals surface area contributed by atoms with Crippen molar-refractivity contribution in [3.05, 3.63) is 65.9 Å². The number of phenolic OH excluding ortho intramolecular Hbond substituents is 1. The Hall–Kier alpha value is -5.15. The molecule has 0 aliphatic carbocycles. The Kier molecular flexibility index (Phi) is 14.0. The van der Waals surface area contributed by atoms with Crippen LogP contribution in [0.25, 0.3) is 10.9 Å². The lowest BCUT2D eigenvalue weighted by Gasteiger charge is -2.25. The van der Waals surface area contributed by atoms with Crippen LogP contribution in [0.3, 0.4) is 0 Å². The number of amides is 3. The monoisotopic (exact) mass is 651 g/mol. The zero-order valence-electron chi connectivity index (χ0n) is 26.2. The first-order chi connectivity index (χ1) is 22.5. The number of fused-ring (bicyclic) bond motifs is 1. The van der Waals surface area contributed by atoms with E-state index in [-0.39, 0.29) is 43.9 Å². The molecule has 0 bridgehead atoms. The normalized spacial score (nSPS) is 13.6. The van der Waals surface area contributed by atoms with Crippen molar-refractivity contribution >= 4 is 40.6 Å². The number of aliphatic imine (C=N–C) groups is 1. The van der Waals surface area contributed by atoms with Crippen LogP contribution >= 0.6 is 0 Å². The van der Waals surface area contributed by atoms with Crippen molar-refractivity contribution in [1.29, 1.82) is 0 Å². The van der Waals surface area contributed by atoms with Gasteiger partial charge in [-0.25, -0.2) is 4.79 Å². The number of para-hydroxylation sites is 1. The van der Waals surface area contributed by atoms with Crippen molar-refractivity contribution < 1.29 is 29.4 Å². The fourth-order valence-corrected chi connectivity index (χ4v) is 5.03. The number of aliphatic carboxylic acids is 1. The molecule has 4 atom stereocenters. The number of H-pyrrole nitrogens is 1. The summed E-state index contributed by atoms with van der Waals surface area (Å²) in [6, 6.07) is 8.93. The van der Waals surface area contributed by atoms with Crippen LogP contribution in [0.2, 0.25) is 0 Å². The highest BCUT2D eigenvalue weighted by Crippen LogP contribution is 2.19. The maximum Gasteiger partial charge on any atom is 0.326 e. The Bertz CT molecular complexity index is 1520. The van der Waals surface area contributed by atoms with Gasteiger partial charge in [0.2, 0.25) is 17.7 Å². The Morgan fingerprint density at radius 2 is 1.47 bits per heavy atom. The number of phenols is 1. The van der Waals surface area contributed by atoms with Crippen molar-refractivity contribution in [1.82, 2.24) is 20.9 Å². The van der Waals surface area contributed by atoms with E-state index in [9.17, 15) is 29.4 Å². The molecule has 0 aliphatic rings. The molecule has 15 heteroatoms. The minimum atomic E-state index is -1.31. The molecule has 4 unspecified atom stereocenters. The van der Waals surface area contributed by atoms with Crippen molar-refractivity contribution in [3.8, 4) is 5.75 Å². The van der Waals surface area contributed by atoms with Gasteiger partial charge in [0, 0.05) is 36.5 Å². The highest BCUT2D eigenvalue weighted by Gasteiger charge is 2.31. The van der Waals surface area contributed by atoms with Gasteiger partial charge in [0.25, 0.3) is 0 Å². The zero-order valence-corrected chi connectivity index (χ0v) is 26.2. The largest absolute Gasteiger partial charge is 0.508 e. The topological polar surface area (TPSA) is 277 Å². The van der Waals surface area contributed by atoms with Gasteiger partial charge in [0.15, 0.2) is 5.96 Å². The summed E-state index contributed by atoms with van der Waals surface area (Å²) >= 11 is 0. The molecular formula is C32H45N9O6. The van der Waals surface area contributed by atoms with Gasteiger partial charge in [-0.05, 0) is 68.0 Å². The van der Waals surface area contributed by atoms with E-state index in [2.05, 4.69) is 25.9 Å². The van der Waals surface area contributed by atoms with Crippen LogP contribution in [0.4, 0.5) is 0 Å². The number of nitrogens with zero attached hydrogens (tertiary/aromatic N) is 1. The molecule has 254 valence electrons. The summed E-state index contributed by atoms with van der Waals surface area (Å²) in [6.45, 7) is 0.668. The molecule has 47 heavy (non-hydrogen) atoms. The van der Waals surface area contributed by atoms with Gasteiger partial charge in [0.1, 0.15) is 23.9 Å². The van der Waals surface area contributed by atoms with Gasteiger partial charge >= 0.3 is 5.97 Å². The molecule has 0 aliphatic heterocycles. The Morgan fingerprint density at radius 3 is 2.15 bits per heavy atom. The number of aromatic amines is 1. The van der Waals surface area contributed by atoms with Crippen molar-refractivity contribution in [2.24, 2.45) is 27.9 Å². The first-order valence-electron chi connectivity index (χ1n) is 15.5. The van der Waals surface area contributed by atoms with Gasteiger partial charge in [-0.15, -0.1) is 0 Å². The number of benzene rings is 2. The Balaban J connectivity index is 1.78. The fraction of sp³-hybridized carbons (Fsp3) is 0.406. The molecular weight excluding hydrogens is 606 g/mol. The summed E-state index contributed by atoms with van der Waals surface area (Å²) in [5, 5.41) is 28.5. The van der Waals surface area contributed by atoms with E-state index in [4.69, 9.17) is 22.9 Å². The summed E-state index contributed by atoms with van der Waals surface area (Å²) in [5.41, 5.74) is 24.5. The van der Waals surface area contributed by atoms with Crippen LogP contribution in [-0.4, -0.2) is 82.1 Å². The lowest BCUT2D eigenvalue weighted by Crippen LogP contribution is -2.57. The van der Waals surface area contributed by atoms with E-state index < -0.39 is 47.9 Å². The number of unbranched alkanes of at least 4 members (excludes halogenated alkanes) is 1. The van der Waals surface area contributed by atoms with Gasteiger partial charge in [0.05, 0.1) is 6.04 Å². The van der Waals surface area contributed by atoms with Crippen LogP contribution in [0.15, 0.2) is 59.7 Å². The zero-order chi connectivity index (χ0) is 34.3. The smallest absolute Gasteiger partial charge is 0.326 e. The number of guanidine groups is 1. The maximum absolute atomic E-state index is 13.7. The molecule has 1 aromatic heterocycles. The second-order valence-electron chi connectivity index (χ2n) is 11.3. The molecule has 0 fully saturated rings. The summed E-state index contributed by atoms with van der Waals surface area (Å²) in [6.07, 6.45) is 3.69. The summed E-state index contributed by atoms with van der Waals surface area (Å²) < 4.78 is 0. The standard InChI is InChI=1S/C32H45N9O6/c33-14-4-3-9-25(39-28(43)23(34)7-5-15-37-32(35)36)29(44)40-26(16-19-10-12-21(42)13-11-19)30(45)41-27(31(46)47)17-20-18-38-24-8-2-1-6-22(20)24/h1-2,6,8,10-13,18,23,25-27,38,42H,3-5,7,9,14-17,33-34H2,(H,39,43)(H,40,44)(H,41,45)(H,46,47)(H4,35,36,37). The minimum absolute atomic E-state index is 0.0101. The fourth-order valence-electron chi connectivity index (χ4n) is 5.03. The van der Waals surface area contributed by atoms with Crippen molar-refractivity contribution in [2.45, 2.75) is 69.1 Å². The van der Waals surface area contributed by atoms with Crippen LogP contribution in [0.1, 0.15) is 43.2 Å². The van der Waals surface area contributed by atoms with Crippen LogP contribution < -0.4 is 38.9 Å². The molecule has 15 nitrogen and oxygen atoms in total. The number of carbonyl (C=O) groups excluding carboxylic acids is 3. The first-order valence-corrected chi connectivity index (χ1v) is 15.5. The third-order valence-corrected chi connectivity index (χ3v) is 7.61. The highest BCUT2D eigenvalue weighted by molar-refractivity contribution is 5.94. The third kappa shape index (κ3) is 11.6. The number of carboxylic acids is 1. The van der Waals surface area contributed by atoms with E-state index in [1.165, 1.54) is 12.1 Å². The van der Waals surface area contributed by atoms with Gasteiger partial charge in [-0.2, -0.15) is 0 Å². The van der Waals surface area contributed by atoms with E-state index >= 15 is 0 Å². The SMILES string of the molecule is NCCCCC(NC(=O)C(N)CCCN=C(N)N)C(=O)NC(Cc1ccc(O)cc1)C(=O)NC(Cc1c[nH]c2ccccc12)C(=O)O. The lowest BCUT2D eigenvalue weighted by atomic mass is 10.0. The predicted octanol–water partition coefficient (Wildman–Crippen LogP) is -0.292. The molecule has 0 saturated heterocycles. The predicted molar refractivity (Wildman–Crippen MR) is 178 cm³/mol. The molecule has 3 rings (SSSR count). The molecule has 0 spiro atoms. The average Bonchev–Trinajstić information content (AvgIpc) is 3.45. The second kappa shape index (κ2) is 18.1. The summed E-state index contributed by atoms with van der Waals surface area (Å²) in [7, 11) is 0. The van der Waals surface area contributed by atoms with Crippen molar-refractivity contribution in [3.63, 3.8) is 0 Å². The van der Waals surface area contributed by atoms with Crippen LogP contribution in [0.5, 0.6) is 5.75 Å². The molecule has 2 aromatic carbocycles. The highest BCUT2D eigenvalue weighted by atomic mass is 16.4. The van der Waals surface area contributed by atoms with E-state index in [1.807, 2.05) is 24.3 Å². The number of rotatable bonds is 19. The van der Waals surface area contributed by atoms with E-state index in [1.54, 1.807) is 18.3 Å². The van der Waals surface area contributed by atoms with Crippen LogP contribution in [0, 0.1) is 0 Å². The van der Waals surface area contributed by atoms with Gasteiger partial charge in [-0.1, -0.05) is 30.3 Å². The third-order valence-electron chi connectivity index (χ3n) is 7.61. The first kappa shape index (κ1) is 36.3. The number of hydrogen-bond donors (Lipinski definition) is 10. The number of carbonyl (C=O) groups is 4. The van der Waals surface area contributed by atoms with Gasteiger partial charge in [-0.3, -0.25) is 19.4 Å². The minimum Gasteiger partial charge on any atom is -0.508 e. The van der Waals surface area contributed by atoms with Crippen LogP contribution in [-0.2, 0) is 32.0 Å². The lowest BCUT2D eigenvalue weighted by molar-refractivity contribution is -0.142. The number of aromatic nitrogens is 1. The second-order valence-corrected chi connectivity index (χ2v) is 11.3. The maximum atomic E-state index is 13.7. The molecule has 0 saturated carbocycles. The summed E-state index contributed by atoms with van der Waals surface area (Å²) in [4.78, 5) is 59.5. The molecule has 3 aromatic rings. The Labute approximate surface area is 272 Å². The molecule has 1 heterocycles. The number of aromatic hydroxyl groups is 1. The number of nitrogens with one attached hydrogen (secondary N) is 4. The summed E-state index contributed by atoms with van der Waals surface area (Å²) in [5.74, 6) is -3.25. The number of nitrogens with two attached hydrogens (primary N) is 4.